The summed E-state index contributed by atoms with van der Waals surface area (Å²) in [7, 11) is 0. The first-order chi connectivity index (χ1) is 9.10. The molecule has 19 heavy (non-hydrogen) atoms. The number of nitrogens with zero attached hydrogens (tertiary/aromatic N) is 1. The summed E-state index contributed by atoms with van der Waals surface area (Å²) in [5.41, 5.74) is 1.48. The number of benzene rings is 2. The third-order valence-electron chi connectivity index (χ3n) is 2.82. The number of nitrogens with one attached hydrogen (secondary N) is 1. The zero-order valence-corrected chi connectivity index (χ0v) is 10.3. The highest BCUT2D eigenvalue weighted by Gasteiger charge is 2.10. The van der Waals surface area contributed by atoms with Gasteiger partial charge in [0.25, 0.3) is 0 Å². The van der Waals surface area contributed by atoms with E-state index in [1.54, 1.807) is 18.2 Å². The van der Waals surface area contributed by atoms with Crippen molar-refractivity contribution in [1.82, 2.24) is 0 Å². The largest absolute Gasteiger partial charge is 0.376 e. The highest BCUT2D eigenvalue weighted by Crippen LogP contribution is 2.22. The molecule has 0 radical (unpaired) electrons. The van der Waals surface area contributed by atoms with E-state index in [4.69, 9.17) is 5.26 Å². The first-order valence-corrected chi connectivity index (χ1v) is 5.82. The molecule has 0 aliphatic rings. The van der Waals surface area contributed by atoms with E-state index in [0.717, 1.165) is 23.8 Å². The summed E-state index contributed by atoms with van der Waals surface area (Å²) >= 11 is 0. The summed E-state index contributed by atoms with van der Waals surface area (Å²) < 4.78 is 26.6. The summed E-state index contributed by atoms with van der Waals surface area (Å²) in [5.74, 6) is -1.01. The van der Waals surface area contributed by atoms with Crippen molar-refractivity contribution in [2.24, 2.45) is 0 Å². The molecule has 2 aromatic rings. The zero-order chi connectivity index (χ0) is 13.8. The summed E-state index contributed by atoms with van der Waals surface area (Å²) in [5, 5.41) is 11.7. The summed E-state index contributed by atoms with van der Waals surface area (Å²) in [6.07, 6.45) is 0. The van der Waals surface area contributed by atoms with Gasteiger partial charge in [0.1, 0.15) is 11.6 Å². The van der Waals surface area contributed by atoms with Gasteiger partial charge < -0.3 is 5.32 Å². The molecule has 0 aromatic heterocycles. The van der Waals surface area contributed by atoms with Crippen molar-refractivity contribution in [2.45, 2.75) is 13.0 Å². The topological polar surface area (TPSA) is 35.8 Å². The van der Waals surface area contributed by atoms with Crippen LogP contribution in [-0.4, -0.2) is 0 Å². The van der Waals surface area contributed by atoms with E-state index >= 15 is 0 Å². The molecule has 0 aliphatic heterocycles. The van der Waals surface area contributed by atoms with Crippen LogP contribution in [0.1, 0.15) is 24.1 Å². The molecule has 0 saturated heterocycles. The van der Waals surface area contributed by atoms with Crippen LogP contribution in [0.3, 0.4) is 0 Å². The predicted octanol–water partition coefficient (Wildman–Crippen LogP) is 4.01. The Kier molecular flexibility index (Phi) is 3.76. The summed E-state index contributed by atoms with van der Waals surface area (Å²) in [6.45, 7) is 1.82. The number of hydrogen-bond donors (Lipinski definition) is 1. The maximum Gasteiger partial charge on any atom is 0.146 e. The number of halogens is 2. The minimum atomic E-state index is -0.510. The Bertz CT molecular complexity index is 632. The van der Waals surface area contributed by atoms with Crippen LogP contribution in [0.25, 0.3) is 0 Å². The lowest BCUT2D eigenvalue weighted by molar-refractivity contribution is 0.600. The molecule has 2 aromatic carbocycles. The molecule has 0 saturated carbocycles. The Morgan fingerprint density at radius 3 is 2.68 bits per heavy atom. The highest BCUT2D eigenvalue weighted by atomic mass is 19.1. The van der Waals surface area contributed by atoms with E-state index in [2.05, 4.69) is 5.32 Å². The molecular weight excluding hydrogens is 246 g/mol. The summed E-state index contributed by atoms with van der Waals surface area (Å²) in [6, 6.07) is 12.1. The molecule has 1 N–H and O–H groups in total. The minimum absolute atomic E-state index is 0.106. The zero-order valence-electron chi connectivity index (χ0n) is 10.3. The van der Waals surface area contributed by atoms with Crippen molar-refractivity contribution in [1.29, 1.82) is 5.26 Å². The Balaban J connectivity index is 2.23. The number of nitriles is 1. The van der Waals surface area contributed by atoms with Gasteiger partial charge >= 0.3 is 0 Å². The van der Waals surface area contributed by atoms with Crippen LogP contribution in [0.5, 0.6) is 0 Å². The van der Waals surface area contributed by atoms with Crippen molar-refractivity contribution in [3.05, 3.63) is 65.2 Å². The first-order valence-electron chi connectivity index (χ1n) is 5.82. The van der Waals surface area contributed by atoms with Crippen molar-refractivity contribution in [3.8, 4) is 6.07 Å². The number of hydrogen-bond acceptors (Lipinski definition) is 2. The van der Waals surface area contributed by atoms with Gasteiger partial charge in [-0.2, -0.15) is 5.26 Å². The van der Waals surface area contributed by atoms with Gasteiger partial charge in [0.15, 0.2) is 0 Å². The minimum Gasteiger partial charge on any atom is -0.376 e. The standard InChI is InChI=1S/C15H12F2N2/c1-10(12-4-2-3-11(7-12)9-18)19-15-8-13(16)5-6-14(15)17/h2-8,10,19H,1H3. The predicted molar refractivity (Wildman–Crippen MR) is 69.6 cm³/mol. The number of rotatable bonds is 3. The molecule has 1 atom stereocenters. The second-order valence-corrected chi connectivity index (χ2v) is 4.23. The van der Waals surface area contributed by atoms with Gasteiger partial charge in [-0.3, -0.25) is 0 Å². The van der Waals surface area contributed by atoms with Crippen LogP contribution < -0.4 is 5.32 Å². The second kappa shape index (κ2) is 5.49. The third kappa shape index (κ3) is 3.08. The molecule has 0 bridgehead atoms. The molecule has 0 fully saturated rings. The Morgan fingerprint density at radius 2 is 1.95 bits per heavy atom. The van der Waals surface area contributed by atoms with E-state index < -0.39 is 11.6 Å². The smallest absolute Gasteiger partial charge is 0.146 e. The maximum absolute atomic E-state index is 13.5. The molecule has 0 amide bonds. The van der Waals surface area contributed by atoms with Crippen molar-refractivity contribution < 1.29 is 8.78 Å². The third-order valence-corrected chi connectivity index (χ3v) is 2.82. The molecule has 4 heteroatoms. The molecular formula is C15H12F2N2. The highest BCUT2D eigenvalue weighted by molar-refractivity contribution is 5.47. The quantitative estimate of drug-likeness (QED) is 0.902. The van der Waals surface area contributed by atoms with Gasteiger partial charge in [-0.1, -0.05) is 12.1 Å². The van der Waals surface area contributed by atoms with Crippen molar-refractivity contribution in [3.63, 3.8) is 0 Å². The van der Waals surface area contributed by atoms with Gasteiger partial charge in [-0.15, -0.1) is 0 Å². The van der Waals surface area contributed by atoms with Crippen LogP contribution >= 0.6 is 0 Å². The van der Waals surface area contributed by atoms with Crippen LogP contribution in [0.2, 0.25) is 0 Å². The Hall–Kier alpha value is -2.41. The van der Waals surface area contributed by atoms with E-state index in [-0.39, 0.29) is 11.7 Å². The lowest BCUT2D eigenvalue weighted by atomic mass is 10.1. The lowest BCUT2D eigenvalue weighted by Crippen LogP contribution is -2.08. The monoisotopic (exact) mass is 258 g/mol. The molecule has 0 heterocycles. The van der Waals surface area contributed by atoms with Crippen molar-refractivity contribution >= 4 is 5.69 Å². The SMILES string of the molecule is CC(Nc1cc(F)ccc1F)c1cccc(C#N)c1. The van der Waals surface area contributed by atoms with E-state index in [1.165, 1.54) is 0 Å². The maximum atomic E-state index is 13.5. The van der Waals surface area contributed by atoms with E-state index in [9.17, 15) is 8.78 Å². The molecule has 2 rings (SSSR count). The average molecular weight is 258 g/mol. The Labute approximate surface area is 110 Å². The Morgan fingerprint density at radius 1 is 1.16 bits per heavy atom. The lowest BCUT2D eigenvalue weighted by Gasteiger charge is -2.16. The second-order valence-electron chi connectivity index (χ2n) is 4.23. The number of anilines is 1. The molecule has 2 nitrogen and oxygen atoms in total. The van der Waals surface area contributed by atoms with Crippen LogP contribution in [0.15, 0.2) is 42.5 Å². The van der Waals surface area contributed by atoms with Gasteiger partial charge in [-0.25, -0.2) is 8.78 Å². The van der Waals surface area contributed by atoms with Crippen LogP contribution in [0, 0.1) is 23.0 Å². The molecule has 0 aliphatic carbocycles. The van der Waals surface area contributed by atoms with Gasteiger partial charge in [0.05, 0.1) is 17.3 Å². The van der Waals surface area contributed by atoms with Crippen LogP contribution in [-0.2, 0) is 0 Å². The average Bonchev–Trinajstić information content (AvgIpc) is 2.43. The summed E-state index contributed by atoms with van der Waals surface area (Å²) in [4.78, 5) is 0. The molecule has 96 valence electrons. The van der Waals surface area contributed by atoms with Crippen LogP contribution in [0.4, 0.5) is 14.5 Å². The molecule has 0 spiro atoms. The van der Waals surface area contributed by atoms with Gasteiger partial charge in [0.2, 0.25) is 0 Å². The fourth-order valence-electron chi connectivity index (χ4n) is 1.80. The van der Waals surface area contributed by atoms with Gasteiger partial charge in [0, 0.05) is 6.04 Å². The fraction of sp³-hybridized carbons (Fsp3) is 0.133. The fourth-order valence-corrected chi connectivity index (χ4v) is 1.80. The normalized spacial score (nSPS) is 11.7. The molecule has 1 unspecified atom stereocenters. The van der Waals surface area contributed by atoms with Gasteiger partial charge in [-0.05, 0) is 42.8 Å². The first kappa shape index (κ1) is 13.0. The van der Waals surface area contributed by atoms with Crippen molar-refractivity contribution in [2.75, 3.05) is 5.32 Å². The van der Waals surface area contributed by atoms with E-state index in [0.29, 0.717) is 5.56 Å². The van der Waals surface area contributed by atoms with E-state index in [1.807, 2.05) is 19.1 Å².